The molecule has 0 fully saturated rings. The van der Waals surface area contributed by atoms with Gasteiger partial charge in [0.2, 0.25) is 15.8 Å². The molecule has 4 rings (SSSR count). The molecule has 0 aliphatic rings. The van der Waals surface area contributed by atoms with Crippen LogP contribution < -0.4 is 9.88 Å². The standard InChI is InChI=1S/C19H15F2N5O4S/c1-26-17(10-29-14-7-12(20)6-13(21)8-14)16(9-23-26)19-24-18(25-30-19)11-2-4-15(5-3-11)31(22,27)28/h2-9H,10H2,1H3,(H2,22,27,28). The van der Waals surface area contributed by atoms with Gasteiger partial charge in [-0.1, -0.05) is 5.16 Å². The third-order valence-corrected chi connectivity index (χ3v) is 5.30. The maximum atomic E-state index is 13.4. The largest absolute Gasteiger partial charge is 0.487 e. The zero-order valence-electron chi connectivity index (χ0n) is 16.0. The van der Waals surface area contributed by atoms with Gasteiger partial charge in [0.25, 0.3) is 5.89 Å². The first-order chi connectivity index (χ1) is 14.7. The van der Waals surface area contributed by atoms with E-state index in [0.29, 0.717) is 16.8 Å². The maximum absolute atomic E-state index is 13.4. The van der Waals surface area contributed by atoms with E-state index in [9.17, 15) is 17.2 Å². The topological polar surface area (TPSA) is 126 Å². The SMILES string of the molecule is Cn1ncc(-c2nc(-c3ccc(S(N)(=O)=O)cc3)no2)c1COc1cc(F)cc(F)c1. The number of sulfonamides is 1. The Balaban J connectivity index is 1.58. The van der Waals surface area contributed by atoms with E-state index in [-0.39, 0.29) is 29.0 Å². The highest BCUT2D eigenvalue weighted by Gasteiger charge is 2.19. The van der Waals surface area contributed by atoms with Gasteiger partial charge in [0, 0.05) is 30.8 Å². The van der Waals surface area contributed by atoms with Crippen LogP contribution in [0.15, 0.2) is 58.1 Å². The van der Waals surface area contributed by atoms with Crippen molar-refractivity contribution in [1.82, 2.24) is 19.9 Å². The van der Waals surface area contributed by atoms with Gasteiger partial charge < -0.3 is 9.26 Å². The van der Waals surface area contributed by atoms with E-state index in [1.54, 1.807) is 7.05 Å². The minimum Gasteiger partial charge on any atom is -0.487 e. The number of hydrogen-bond acceptors (Lipinski definition) is 7. The van der Waals surface area contributed by atoms with E-state index in [0.717, 1.165) is 18.2 Å². The Kier molecular flexibility index (Phi) is 5.25. The molecule has 12 heteroatoms. The lowest BCUT2D eigenvalue weighted by molar-refractivity contribution is 0.291. The van der Waals surface area contributed by atoms with E-state index in [4.69, 9.17) is 14.4 Å². The van der Waals surface area contributed by atoms with Gasteiger partial charge in [-0.15, -0.1) is 0 Å². The van der Waals surface area contributed by atoms with Crippen LogP contribution in [0.1, 0.15) is 5.69 Å². The summed E-state index contributed by atoms with van der Waals surface area (Å²) in [5.41, 5.74) is 1.52. The van der Waals surface area contributed by atoms with E-state index in [2.05, 4.69) is 15.2 Å². The fourth-order valence-corrected chi connectivity index (χ4v) is 3.34. The van der Waals surface area contributed by atoms with E-state index >= 15 is 0 Å². The molecule has 160 valence electrons. The lowest BCUT2D eigenvalue weighted by atomic mass is 10.2. The van der Waals surface area contributed by atoms with Gasteiger partial charge in [0.05, 0.1) is 22.3 Å². The number of rotatable bonds is 6. The number of halogens is 2. The number of ether oxygens (including phenoxy) is 1. The third kappa shape index (κ3) is 4.44. The lowest BCUT2D eigenvalue weighted by Gasteiger charge is -2.08. The van der Waals surface area contributed by atoms with Gasteiger partial charge in [-0.2, -0.15) is 10.1 Å². The molecule has 0 aliphatic heterocycles. The average Bonchev–Trinajstić information content (AvgIpc) is 3.32. The van der Waals surface area contributed by atoms with Crippen LogP contribution in [0.4, 0.5) is 8.78 Å². The maximum Gasteiger partial charge on any atom is 0.261 e. The monoisotopic (exact) mass is 447 g/mol. The van der Waals surface area contributed by atoms with E-state index in [1.165, 1.54) is 35.1 Å². The molecular weight excluding hydrogens is 432 g/mol. The smallest absolute Gasteiger partial charge is 0.261 e. The van der Waals surface area contributed by atoms with Crippen molar-refractivity contribution in [2.24, 2.45) is 12.2 Å². The molecule has 0 spiro atoms. The normalized spacial score (nSPS) is 11.6. The van der Waals surface area contributed by atoms with Gasteiger partial charge in [-0.25, -0.2) is 22.3 Å². The van der Waals surface area contributed by atoms with Gasteiger partial charge in [-0.05, 0) is 24.3 Å². The highest BCUT2D eigenvalue weighted by Crippen LogP contribution is 2.27. The van der Waals surface area contributed by atoms with Crippen LogP contribution in [0.25, 0.3) is 22.8 Å². The quantitative estimate of drug-likeness (QED) is 0.481. The Morgan fingerprint density at radius 2 is 1.81 bits per heavy atom. The van der Waals surface area contributed by atoms with Crippen LogP contribution >= 0.6 is 0 Å². The third-order valence-electron chi connectivity index (χ3n) is 4.37. The summed E-state index contributed by atoms with van der Waals surface area (Å²) in [6, 6.07) is 8.55. The fraction of sp³-hybridized carbons (Fsp3) is 0.105. The number of aromatic nitrogens is 4. The molecule has 0 saturated carbocycles. The zero-order chi connectivity index (χ0) is 22.2. The summed E-state index contributed by atoms with van der Waals surface area (Å²) in [5, 5.41) is 13.1. The summed E-state index contributed by atoms with van der Waals surface area (Å²) in [5.74, 6) is -1.13. The summed E-state index contributed by atoms with van der Waals surface area (Å²) < 4.78 is 61.8. The first-order valence-corrected chi connectivity index (χ1v) is 10.3. The lowest BCUT2D eigenvalue weighted by Crippen LogP contribution is -2.11. The van der Waals surface area contributed by atoms with E-state index in [1.807, 2.05) is 0 Å². The molecule has 0 amide bonds. The molecule has 0 saturated heterocycles. The molecule has 2 aromatic heterocycles. The predicted molar refractivity (Wildman–Crippen MR) is 104 cm³/mol. The van der Waals surface area contributed by atoms with Crippen molar-refractivity contribution in [3.05, 3.63) is 66.0 Å². The van der Waals surface area contributed by atoms with Crippen LogP contribution in [0.2, 0.25) is 0 Å². The number of nitrogens with zero attached hydrogens (tertiary/aromatic N) is 4. The van der Waals surface area contributed by atoms with Gasteiger partial charge in [-0.3, -0.25) is 4.68 Å². The first kappa shape index (κ1) is 20.6. The number of nitrogens with two attached hydrogens (primary N) is 1. The van der Waals surface area contributed by atoms with Crippen LogP contribution in [-0.4, -0.2) is 28.3 Å². The van der Waals surface area contributed by atoms with Crippen molar-refractivity contribution in [1.29, 1.82) is 0 Å². The van der Waals surface area contributed by atoms with Crippen LogP contribution in [-0.2, 0) is 23.7 Å². The second-order valence-electron chi connectivity index (χ2n) is 6.51. The van der Waals surface area contributed by atoms with Crippen molar-refractivity contribution in [3.63, 3.8) is 0 Å². The van der Waals surface area contributed by atoms with Gasteiger partial charge in [0.15, 0.2) is 0 Å². The number of aryl methyl sites for hydroxylation is 1. The Bertz CT molecular complexity index is 1330. The Morgan fingerprint density at radius 3 is 2.45 bits per heavy atom. The van der Waals surface area contributed by atoms with Crippen molar-refractivity contribution in [2.45, 2.75) is 11.5 Å². The molecule has 9 nitrogen and oxygen atoms in total. The summed E-state index contributed by atoms with van der Waals surface area (Å²) in [7, 11) is -2.15. The second-order valence-corrected chi connectivity index (χ2v) is 8.08. The number of hydrogen-bond donors (Lipinski definition) is 1. The summed E-state index contributed by atoms with van der Waals surface area (Å²) in [6.07, 6.45) is 1.49. The molecule has 2 N–H and O–H groups in total. The molecule has 2 aromatic carbocycles. The van der Waals surface area contributed by atoms with Crippen molar-refractivity contribution in [2.75, 3.05) is 0 Å². The molecule has 0 aliphatic carbocycles. The van der Waals surface area contributed by atoms with Crippen LogP contribution in [0, 0.1) is 11.6 Å². The Labute approximate surface area is 175 Å². The molecule has 0 radical (unpaired) electrons. The summed E-state index contributed by atoms with van der Waals surface area (Å²) >= 11 is 0. The van der Waals surface area contributed by atoms with Crippen LogP contribution in [0.3, 0.4) is 0 Å². The highest BCUT2D eigenvalue weighted by atomic mass is 32.2. The van der Waals surface area contributed by atoms with Crippen molar-refractivity contribution in [3.8, 4) is 28.6 Å². The summed E-state index contributed by atoms with van der Waals surface area (Å²) in [4.78, 5) is 4.27. The molecule has 4 aromatic rings. The molecule has 0 atom stereocenters. The van der Waals surface area contributed by atoms with Crippen molar-refractivity contribution >= 4 is 10.0 Å². The molecule has 0 unspecified atom stereocenters. The molecule has 0 bridgehead atoms. The number of benzene rings is 2. The highest BCUT2D eigenvalue weighted by molar-refractivity contribution is 7.89. The molecule has 31 heavy (non-hydrogen) atoms. The average molecular weight is 447 g/mol. The van der Waals surface area contributed by atoms with Crippen LogP contribution in [0.5, 0.6) is 5.75 Å². The molecule has 2 heterocycles. The Hall–Kier alpha value is -3.64. The molecular formula is C19H15F2N5O4S. The minimum absolute atomic E-state index is 0.0193. The second kappa shape index (κ2) is 7.89. The first-order valence-electron chi connectivity index (χ1n) is 8.78. The fourth-order valence-electron chi connectivity index (χ4n) is 2.82. The van der Waals surface area contributed by atoms with Gasteiger partial charge >= 0.3 is 0 Å². The van der Waals surface area contributed by atoms with E-state index < -0.39 is 21.7 Å². The Morgan fingerprint density at radius 1 is 1.13 bits per heavy atom. The summed E-state index contributed by atoms with van der Waals surface area (Å²) in [6.45, 7) is -0.0600. The minimum atomic E-state index is -3.81. The van der Waals surface area contributed by atoms with Gasteiger partial charge in [0.1, 0.15) is 24.0 Å². The number of primary sulfonamides is 1. The zero-order valence-corrected chi connectivity index (χ0v) is 16.8. The van der Waals surface area contributed by atoms with Crippen molar-refractivity contribution < 1.29 is 26.5 Å². The predicted octanol–water partition coefficient (Wildman–Crippen LogP) is 2.64.